The molecule has 3 amide bonds. The van der Waals surface area contributed by atoms with E-state index in [1.165, 1.54) is 41.0 Å². The monoisotopic (exact) mass is 1080 g/mol. The Kier molecular flexibility index (Phi) is 16.4. The highest BCUT2D eigenvalue weighted by Crippen LogP contribution is 2.34. The van der Waals surface area contributed by atoms with Crippen molar-refractivity contribution in [2.24, 2.45) is 0 Å². The number of nitrogens with one attached hydrogen (secondary N) is 4. The summed E-state index contributed by atoms with van der Waals surface area (Å²) in [6.45, 7) is 5.93. The summed E-state index contributed by atoms with van der Waals surface area (Å²) < 4.78 is 97.1. The van der Waals surface area contributed by atoms with Gasteiger partial charge in [0.1, 0.15) is 17.1 Å². The second-order valence-electron chi connectivity index (χ2n) is 18.1. The maximum Gasteiger partial charge on any atom is 0.416 e. The number of alkyl halides is 6. The van der Waals surface area contributed by atoms with E-state index in [-0.39, 0.29) is 59.7 Å². The molecule has 0 unspecified atom stereocenters. The van der Waals surface area contributed by atoms with Gasteiger partial charge >= 0.3 is 18.4 Å². The van der Waals surface area contributed by atoms with Gasteiger partial charge in [0.05, 0.1) is 59.7 Å². The van der Waals surface area contributed by atoms with Gasteiger partial charge in [-0.2, -0.15) is 26.3 Å². The van der Waals surface area contributed by atoms with E-state index in [0.717, 1.165) is 41.2 Å². The Balaban J connectivity index is 0.998. The van der Waals surface area contributed by atoms with Gasteiger partial charge in [0.25, 0.3) is 11.8 Å². The molecule has 0 atom stereocenters. The zero-order valence-corrected chi connectivity index (χ0v) is 42.9. The third-order valence-electron chi connectivity index (χ3n) is 11.5. The summed E-state index contributed by atoms with van der Waals surface area (Å²) in [5, 5.41) is 28.6. The predicted octanol–water partition coefficient (Wildman–Crippen LogP) is 10.2. The summed E-state index contributed by atoms with van der Waals surface area (Å²) >= 11 is 1.12. The maximum absolute atomic E-state index is 14.0. The number of halogens is 6. The Bertz CT molecular complexity index is 3450. The van der Waals surface area contributed by atoms with E-state index >= 15 is 0 Å². The molecule has 4 aromatic heterocycles. The topological polar surface area (TPSA) is 208 Å². The molecule has 0 aliphatic rings. The van der Waals surface area contributed by atoms with E-state index in [0.29, 0.717) is 55.8 Å². The van der Waals surface area contributed by atoms with Crippen LogP contribution in [0.1, 0.15) is 67.9 Å². The normalized spacial score (nSPS) is 11.8. The van der Waals surface area contributed by atoms with Crippen LogP contribution < -0.4 is 26.0 Å². The number of carbonyl (C=O) groups excluding carboxylic acids is 3. The Morgan fingerprint density at radius 2 is 1.34 bits per heavy atom. The summed E-state index contributed by atoms with van der Waals surface area (Å²) in [6, 6.07) is 18.1. The van der Waals surface area contributed by atoms with Gasteiger partial charge in [-0.1, -0.05) is 47.7 Å². The first-order valence-corrected chi connectivity index (χ1v) is 24.3. The number of rotatable bonds is 18. The number of methoxy groups -OCH3 is 1. The summed E-state index contributed by atoms with van der Waals surface area (Å²) in [5.74, 6) is -1.12. The predicted molar refractivity (Wildman–Crippen MR) is 275 cm³/mol. The molecule has 4 N–H and O–H groups in total. The number of ether oxygens (including phenoxy) is 2. The van der Waals surface area contributed by atoms with Crippen LogP contribution in [-0.4, -0.2) is 96.6 Å². The first-order chi connectivity index (χ1) is 36.6. The zero-order chi connectivity index (χ0) is 55.2. The lowest BCUT2D eigenvalue weighted by molar-refractivity contribution is -0.138. The Labute approximate surface area is 440 Å². The van der Waals surface area contributed by atoms with Crippen LogP contribution in [0.4, 0.5) is 47.6 Å². The van der Waals surface area contributed by atoms with Gasteiger partial charge in [-0.15, -0.1) is 10.2 Å². The lowest BCUT2D eigenvalue weighted by atomic mass is 10.0. The number of aryl methyl sites for hydroxylation is 1. The minimum atomic E-state index is -4.70. The van der Waals surface area contributed by atoms with E-state index < -0.39 is 41.4 Å². The van der Waals surface area contributed by atoms with E-state index in [2.05, 4.69) is 56.6 Å². The molecule has 0 spiro atoms. The van der Waals surface area contributed by atoms with Gasteiger partial charge in [-0.05, 0) is 110 Å². The highest BCUT2D eigenvalue weighted by atomic mass is 32.1. The van der Waals surface area contributed by atoms with Gasteiger partial charge in [-0.3, -0.25) is 19.9 Å². The van der Waals surface area contributed by atoms with Crippen molar-refractivity contribution >= 4 is 45.8 Å². The molecule has 0 saturated heterocycles. The first kappa shape index (κ1) is 54.7. The molecule has 8 rings (SSSR count). The molecule has 400 valence electrons. The largest absolute Gasteiger partial charge is 0.492 e. The molecule has 4 heterocycles. The van der Waals surface area contributed by atoms with Gasteiger partial charge in [0.15, 0.2) is 5.13 Å². The number of carbonyl (C=O) groups is 3. The highest BCUT2D eigenvalue weighted by molar-refractivity contribution is 7.19. The number of aromatic nitrogens is 8. The van der Waals surface area contributed by atoms with Crippen LogP contribution in [0.2, 0.25) is 0 Å². The zero-order valence-electron chi connectivity index (χ0n) is 42.0. The minimum absolute atomic E-state index is 0.0168. The second kappa shape index (κ2) is 23.1. The van der Waals surface area contributed by atoms with Crippen LogP contribution in [0.5, 0.6) is 5.75 Å². The lowest BCUT2D eigenvalue weighted by Gasteiger charge is -2.15. The average Bonchev–Trinajstić information content (AvgIpc) is 4.19. The van der Waals surface area contributed by atoms with Crippen LogP contribution in [0.25, 0.3) is 33.2 Å². The molecule has 0 aliphatic carbocycles. The van der Waals surface area contributed by atoms with Crippen molar-refractivity contribution in [3.63, 3.8) is 0 Å². The number of benzene rings is 4. The van der Waals surface area contributed by atoms with Crippen molar-refractivity contribution in [1.82, 2.24) is 50.2 Å². The molecule has 4 aromatic carbocycles. The van der Waals surface area contributed by atoms with Gasteiger partial charge in [0, 0.05) is 66.0 Å². The number of pyridine rings is 1. The summed E-state index contributed by atoms with van der Waals surface area (Å²) in [4.78, 5) is 49.6. The van der Waals surface area contributed by atoms with Crippen molar-refractivity contribution < 1.29 is 50.2 Å². The van der Waals surface area contributed by atoms with Crippen molar-refractivity contribution in [3.8, 4) is 39.0 Å². The number of nitrogens with zero attached hydrogens (tertiary/aromatic N) is 9. The van der Waals surface area contributed by atoms with Crippen LogP contribution in [0.3, 0.4) is 0 Å². The van der Waals surface area contributed by atoms with Crippen LogP contribution in [0.15, 0.2) is 110 Å². The summed E-state index contributed by atoms with van der Waals surface area (Å²) in [7, 11) is 4.65. The van der Waals surface area contributed by atoms with Crippen molar-refractivity contribution in [1.29, 1.82) is 0 Å². The van der Waals surface area contributed by atoms with E-state index in [1.807, 2.05) is 20.8 Å². The smallest absolute Gasteiger partial charge is 0.416 e. The maximum atomic E-state index is 14.0. The van der Waals surface area contributed by atoms with Crippen LogP contribution in [0, 0.1) is 6.92 Å². The average molecular weight is 1080 g/mol. The van der Waals surface area contributed by atoms with Gasteiger partial charge in [-0.25, -0.2) is 19.1 Å². The van der Waals surface area contributed by atoms with Crippen molar-refractivity contribution in [2.75, 3.05) is 43.8 Å². The standard InChI is InChI=1S/C52H49F6N13O5S/c1-29(2)60-22-31-13-34(17-37(15-31)51(53,54)55)47(72)63-40-10-8-33(45(21-40)71-28-43(66-68-71)46-25-61-49(77-46)64-50(74)75-6)11-12-76-41-19-36(23-59-24-41)42-27-70(67-65-42)44-20-39(9-7-30(44)3)62-48(73)35-14-32(26-69(4)5)16-38(18-35)52(56,57)58/h7-10,13-21,23-25,27-29,60H,11-12,22,26H2,1-6H3,(H,62,73)(H,63,72)(H,61,64,74). The molecule has 0 fully saturated rings. The number of hydrogen-bond donors (Lipinski definition) is 4. The van der Waals surface area contributed by atoms with Crippen molar-refractivity contribution in [2.45, 2.75) is 58.7 Å². The number of anilines is 3. The number of hydrogen-bond acceptors (Lipinski definition) is 14. The Morgan fingerprint density at radius 1 is 0.727 bits per heavy atom. The summed E-state index contributed by atoms with van der Waals surface area (Å²) in [5.41, 5.74) is 2.68. The van der Waals surface area contributed by atoms with E-state index in [1.54, 1.807) is 80.1 Å². The second-order valence-corrected chi connectivity index (χ2v) is 19.1. The summed E-state index contributed by atoms with van der Waals surface area (Å²) in [6.07, 6.45) is -1.96. The Hall–Kier alpha value is -8.55. The first-order valence-electron chi connectivity index (χ1n) is 23.5. The molecule has 77 heavy (non-hydrogen) atoms. The van der Waals surface area contributed by atoms with Crippen LogP contribution in [-0.2, 0) is 36.6 Å². The molecule has 8 aromatic rings. The fourth-order valence-corrected chi connectivity index (χ4v) is 8.53. The fraction of sp³-hybridized carbons (Fsp3) is 0.250. The molecule has 18 nitrogen and oxygen atoms in total. The quantitative estimate of drug-likeness (QED) is 0.0591. The third kappa shape index (κ3) is 14.0. The van der Waals surface area contributed by atoms with Crippen LogP contribution >= 0.6 is 11.3 Å². The molecule has 0 bridgehead atoms. The highest BCUT2D eigenvalue weighted by Gasteiger charge is 2.33. The Morgan fingerprint density at radius 3 is 1.99 bits per heavy atom. The fourth-order valence-electron chi connectivity index (χ4n) is 7.77. The molecular formula is C52H49F6N13O5S. The molecular weight excluding hydrogens is 1030 g/mol. The number of amides is 3. The van der Waals surface area contributed by atoms with Crippen molar-refractivity contribution in [3.05, 3.63) is 154 Å². The SMILES string of the molecule is COC(=O)Nc1ncc(-c2cn(-c3cc(NC(=O)c4cc(CNC(C)C)cc(C(F)(F)F)c4)ccc3CCOc3cncc(-c4cn(-c5cc(NC(=O)c6cc(CN(C)C)cc(C(F)(F)F)c6)ccc5C)nn4)c3)nn2)s1. The molecule has 0 saturated carbocycles. The number of thiazole rings is 1. The van der Waals surface area contributed by atoms with E-state index in [4.69, 9.17) is 4.74 Å². The molecule has 25 heteroatoms. The third-order valence-corrected chi connectivity index (χ3v) is 12.4. The molecule has 0 aliphatic heterocycles. The lowest BCUT2D eigenvalue weighted by Crippen LogP contribution is -2.23. The van der Waals surface area contributed by atoms with Gasteiger partial charge in [0.2, 0.25) is 0 Å². The minimum Gasteiger partial charge on any atom is -0.492 e. The van der Waals surface area contributed by atoms with Gasteiger partial charge < -0.3 is 30.3 Å². The van der Waals surface area contributed by atoms with E-state index in [9.17, 15) is 40.7 Å². The molecule has 0 radical (unpaired) electrons.